The van der Waals surface area contributed by atoms with E-state index in [1.807, 2.05) is 4.90 Å². The number of hydrogen-bond acceptors (Lipinski definition) is 5. The molecule has 0 saturated carbocycles. The van der Waals surface area contributed by atoms with E-state index in [1.54, 1.807) is 23.1 Å². The zero-order valence-corrected chi connectivity index (χ0v) is 13.9. The quantitative estimate of drug-likeness (QED) is 0.757. The predicted molar refractivity (Wildman–Crippen MR) is 90.2 cm³/mol. The molecule has 0 spiro atoms. The van der Waals surface area contributed by atoms with Gasteiger partial charge in [-0.3, -0.25) is 9.69 Å². The van der Waals surface area contributed by atoms with Gasteiger partial charge in [0.1, 0.15) is 11.9 Å². The van der Waals surface area contributed by atoms with Crippen LogP contribution in [0.15, 0.2) is 30.3 Å². The van der Waals surface area contributed by atoms with E-state index >= 15 is 0 Å². The predicted octanol–water partition coefficient (Wildman–Crippen LogP) is 0.104. The molecule has 2 N–H and O–H groups in total. The minimum atomic E-state index is -0.868. The van der Waals surface area contributed by atoms with Gasteiger partial charge in [-0.05, 0) is 23.8 Å². The minimum absolute atomic E-state index is 0.121. The number of aliphatic hydroxyl groups excluding tert-OH is 2. The fourth-order valence-electron chi connectivity index (χ4n) is 3.24. The highest BCUT2D eigenvalue weighted by molar-refractivity contribution is 5.91. The molecule has 25 heavy (non-hydrogen) atoms. The molecule has 7 heteroatoms. The molecule has 1 aromatic rings. The topological polar surface area (TPSA) is 73.2 Å². The summed E-state index contributed by atoms with van der Waals surface area (Å²) in [7, 11) is 0. The maximum Gasteiger partial charge on any atom is 0.246 e. The molecule has 2 aliphatic rings. The van der Waals surface area contributed by atoms with E-state index in [4.69, 9.17) is 4.74 Å². The number of rotatable bonds is 3. The molecule has 3 rings (SSSR count). The summed E-state index contributed by atoms with van der Waals surface area (Å²) in [5.74, 6) is -0.456. The van der Waals surface area contributed by atoms with E-state index in [9.17, 15) is 19.4 Å². The van der Waals surface area contributed by atoms with Crippen molar-refractivity contribution in [3.05, 3.63) is 41.7 Å². The Kier molecular flexibility index (Phi) is 5.80. The highest BCUT2D eigenvalue weighted by atomic mass is 19.1. The molecule has 0 unspecified atom stereocenters. The smallest absolute Gasteiger partial charge is 0.246 e. The second-order valence-corrected chi connectivity index (χ2v) is 6.41. The molecule has 2 fully saturated rings. The Morgan fingerprint density at radius 3 is 2.68 bits per heavy atom. The number of benzene rings is 1. The van der Waals surface area contributed by atoms with Crippen molar-refractivity contribution in [1.82, 2.24) is 9.80 Å². The van der Waals surface area contributed by atoms with Gasteiger partial charge in [0, 0.05) is 32.3 Å². The number of amides is 1. The van der Waals surface area contributed by atoms with Crippen molar-refractivity contribution in [2.24, 2.45) is 0 Å². The Morgan fingerprint density at radius 1 is 1.20 bits per heavy atom. The van der Waals surface area contributed by atoms with Crippen LogP contribution in [-0.4, -0.2) is 83.6 Å². The van der Waals surface area contributed by atoms with Gasteiger partial charge >= 0.3 is 0 Å². The monoisotopic (exact) mass is 350 g/mol. The number of halogens is 1. The number of hydrogen-bond donors (Lipinski definition) is 2. The lowest BCUT2D eigenvalue weighted by atomic mass is 10.0. The maximum atomic E-state index is 13.1. The first-order chi connectivity index (χ1) is 12.0. The number of ether oxygens (including phenoxy) is 1. The fourth-order valence-corrected chi connectivity index (χ4v) is 3.24. The standard InChI is InChI=1S/C18H23FN2O4/c19-14-3-1-2-13(10-14)4-5-17(23)21-8-6-20(7-9-21)15-11-25-12-16(22)18(15)24/h1-5,10,15-16,18,22,24H,6-9,11-12H2/b5-4+/t15-,16-,18+/m1/s1. The van der Waals surface area contributed by atoms with Gasteiger partial charge in [0.05, 0.1) is 25.4 Å². The van der Waals surface area contributed by atoms with E-state index in [0.29, 0.717) is 38.3 Å². The number of aliphatic hydroxyl groups is 2. The first-order valence-corrected chi connectivity index (χ1v) is 8.45. The van der Waals surface area contributed by atoms with Gasteiger partial charge in [-0.2, -0.15) is 0 Å². The third-order valence-electron chi connectivity index (χ3n) is 4.73. The molecule has 136 valence electrons. The summed E-state index contributed by atoms with van der Waals surface area (Å²) < 4.78 is 18.5. The van der Waals surface area contributed by atoms with Gasteiger partial charge in [0.2, 0.25) is 5.91 Å². The highest BCUT2D eigenvalue weighted by Gasteiger charge is 2.36. The zero-order chi connectivity index (χ0) is 17.8. The molecular weight excluding hydrogens is 327 g/mol. The SMILES string of the molecule is O=C(/C=C/c1cccc(F)c1)N1CCN([C@@H]2COC[C@@H](O)[C@H]2O)CC1. The summed E-state index contributed by atoms with van der Waals surface area (Å²) in [5, 5.41) is 19.8. The van der Waals surface area contributed by atoms with E-state index in [1.165, 1.54) is 18.2 Å². The lowest BCUT2D eigenvalue weighted by Gasteiger charge is -2.43. The lowest BCUT2D eigenvalue weighted by molar-refractivity contribution is -0.142. The van der Waals surface area contributed by atoms with Crippen LogP contribution in [0.25, 0.3) is 6.08 Å². The van der Waals surface area contributed by atoms with Gasteiger partial charge < -0.3 is 19.8 Å². The molecule has 2 aliphatic heterocycles. The zero-order valence-electron chi connectivity index (χ0n) is 13.9. The normalized spacial score (nSPS) is 28.4. The molecule has 3 atom stereocenters. The van der Waals surface area contributed by atoms with Crippen molar-refractivity contribution in [2.75, 3.05) is 39.4 Å². The summed E-state index contributed by atoms with van der Waals surface area (Å²) >= 11 is 0. The Hall–Kier alpha value is -1.80. The molecule has 6 nitrogen and oxygen atoms in total. The number of carbonyl (C=O) groups is 1. The van der Waals surface area contributed by atoms with Gasteiger partial charge in [-0.15, -0.1) is 0 Å². The largest absolute Gasteiger partial charge is 0.389 e. The second kappa shape index (κ2) is 8.05. The molecule has 2 saturated heterocycles. The van der Waals surface area contributed by atoms with E-state index in [2.05, 4.69) is 0 Å². The molecule has 0 aromatic heterocycles. The third-order valence-corrected chi connectivity index (χ3v) is 4.73. The van der Waals surface area contributed by atoms with Crippen molar-refractivity contribution in [3.63, 3.8) is 0 Å². The lowest BCUT2D eigenvalue weighted by Crippen LogP contribution is -2.60. The Bertz CT molecular complexity index is 631. The van der Waals surface area contributed by atoms with Gasteiger partial charge in [-0.25, -0.2) is 4.39 Å². The van der Waals surface area contributed by atoms with Crippen LogP contribution in [0.1, 0.15) is 5.56 Å². The first-order valence-electron chi connectivity index (χ1n) is 8.45. The average molecular weight is 350 g/mol. The summed E-state index contributed by atoms with van der Waals surface area (Å²) in [6.07, 6.45) is 1.36. The van der Waals surface area contributed by atoms with Crippen LogP contribution in [0.4, 0.5) is 4.39 Å². The van der Waals surface area contributed by atoms with Crippen molar-refractivity contribution in [3.8, 4) is 0 Å². The highest BCUT2D eigenvalue weighted by Crippen LogP contribution is 2.17. The van der Waals surface area contributed by atoms with E-state index in [0.717, 1.165) is 0 Å². The van der Waals surface area contributed by atoms with Gasteiger partial charge in [-0.1, -0.05) is 12.1 Å². The first kappa shape index (κ1) is 18.0. The van der Waals surface area contributed by atoms with Crippen molar-refractivity contribution >= 4 is 12.0 Å². The van der Waals surface area contributed by atoms with Gasteiger partial charge in [0.25, 0.3) is 0 Å². The van der Waals surface area contributed by atoms with Crippen LogP contribution in [0.5, 0.6) is 0 Å². The Morgan fingerprint density at radius 2 is 1.96 bits per heavy atom. The summed E-state index contributed by atoms with van der Waals surface area (Å²) in [5.41, 5.74) is 0.642. The molecule has 2 heterocycles. The molecule has 1 amide bonds. The Balaban J connectivity index is 1.52. The van der Waals surface area contributed by atoms with Crippen LogP contribution < -0.4 is 0 Å². The van der Waals surface area contributed by atoms with Crippen molar-refractivity contribution in [2.45, 2.75) is 18.2 Å². The molecule has 0 aliphatic carbocycles. The van der Waals surface area contributed by atoms with Crippen LogP contribution in [0, 0.1) is 5.82 Å². The van der Waals surface area contributed by atoms with Crippen LogP contribution >= 0.6 is 0 Å². The average Bonchev–Trinajstić information content (AvgIpc) is 2.62. The summed E-state index contributed by atoms with van der Waals surface area (Å²) in [6, 6.07) is 5.82. The summed E-state index contributed by atoms with van der Waals surface area (Å²) in [6.45, 7) is 2.82. The van der Waals surface area contributed by atoms with E-state index < -0.39 is 12.2 Å². The molecule has 0 bridgehead atoms. The number of nitrogens with zero attached hydrogens (tertiary/aromatic N) is 2. The van der Waals surface area contributed by atoms with Gasteiger partial charge in [0.15, 0.2) is 0 Å². The number of piperazine rings is 1. The molecular formula is C18H23FN2O4. The van der Waals surface area contributed by atoms with Crippen molar-refractivity contribution in [1.29, 1.82) is 0 Å². The molecule has 1 aromatic carbocycles. The number of carbonyl (C=O) groups excluding carboxylic acids is 1. The van der Waals surface area contributed by atoms with Crippen LogP contribution in [0.3, 0.4) is 0 Å². The second-order valence-electron chi connectivity index (χ2n) is 6.41. The van der Waals surface area contributed by atoms with Crippen molar-refractivity contribution < 1.29 is 24.1 Å². The maximum absolute atomic E-state index is 13.1. The van der Waals surface area contributed by atoms with Crippen LogP contribution in [-0.2, 0) is 9.53 Å². The summed E-state index contributed by atoms with van der Waals surface area (Å²) in [4.78, 5) is 16.0. The fraction of sp³-hybridized carbons (Fsp3) is 0.500. The third kappa shape index (κ3) is 4.43. The van der Waals surface area contributed by atoms with E-state index in [-0.39, 0.29) is 24.4 Å². The van der Waals surface area contributed by atoms with Crippen LogP contribution in [0.2, 0.25) is 0 Å². The Labute approximate surface area is 146 Å². The molecule has 0 radical (unpaired) electrons. The minimum Gasteiger partial charge on any atom is -0.389 e.